The van der Waals surface area contributed by atoms with Crippen molar-refractivity contribution in [1.29, 1.82) is 0 Å². The van der Waals surface area contributed by atoms with E-state index < -0.39 is 25.2 Å². The summed E-state index contributed by atoms with van der Waals surface area (Å²) in [5, 5.41) is 2.81. The molecule has 0 saturated carbocycles. The monoisotopic (exact) mass is 319 g/mol. The van der Waals surface area contributed by atoms with E-state index in [1.54, 1.807) is 0 Å². The zero-order valence-electron chi connectivity index (χ0n) is 13.4. The molecule has 0 unspecified atom stereocenters. The van der Waals surface area contributed by atoms with Crippen molar-refractivity contribution in [2.45, 2.75) is 51.9 Å². The minimum absolute atomic E-state index is 0.141. The van der Waals surface area contributed by atoms with Gasteiger partial charge in [-0.2, -0.15) is 0 Å². The van der Waals surface area contributed by atoms with E-state index in [-0.39, 0.29) is 5.91 Å². The largest absolute Gasteiger partial charge is 0.437 e. The SMILES string of the molecule is C=CC(=O)NCC[Si](C)(O[Si](C)(C)C)O[Si](C)(C)C. The second-order valence-corrected chi connectivity index (χ2v) is 19.7. The van der Waals surface area contributed by atoms with Crippen molar-refractivity contribution in [2.75, 3.05) is 6.54 Å². The molecule has 0 aromatic rings. The molecule has 0 aliphatic carbocycles. The first-order chi connectivity index (χ1) is 8.37. The van der Waals surface area contributed by atoms with E-state index in [1.807, 2.05) is 0 Å². The first-order valence-corrected chi connectivity index (χ1v) is 16.0. The van der Waals surface area contributed by atoms with E-state index in [0.717, 1.165) is 6.04 Å². The molecule has 4 nitrogen and oxygen atoms in total. The maximum atomic E-state index is 11.2. The Morgan fingerprint density at radius 1 is 1.05 bits per heavy atom. The molecule has 0 fully saturated rings. The van der Waals surface area contributed by atoms with Crippen molar-refractivity contribution in [1.82, 2.24) is 5.32 Å². The van der Waals surface area contributed by atoms with Gasteiger partial charge in [-0.05, 0) is 51.9 Å². The quantitative estimate of drug-likeness (QED) is 0.552. The summed E-state index contributed by atoms with van der Waals surface area (Å²) < 4.78 is 12.7. The number of hydrogen-bond acceptors (Lipinski definition) is 3. The molecule has 1 amide bonds. The van der Waals surface area contributed by atoms with Gasteiger partial charge in [0.15, 0.2) is 16.6 Å². The van der Waals surface area contributed by atoms with Crippen molar-refractivity contribution in [3.63, 3.8) is 0 Å². The Hall–Kier alpha value is -0.219. The highest BCUT2D eigenvalue weighted by Gasteiger charge is 2.39. The molecule has 0 aromatic carbocycles. The summed E-state index contributed by atoms with van der Waals surface area (Å²) in [6.07, 6.45) is 1.29. The van der Waals surface area contributed by atoms with Crippen LogP contribution in [0.1, 0.15) is 0 Å². The second kappa shape index (κ2) is 6.98. The summed E-state index contributed by atoms with van der Waals surface area (Å²) in [7, 11) is -5.53. The standard InChI is InChI=1S/C12H29NO3Si3/c1-9-12(14)13-10-11-19(8,15-17(2,3)4)16-18(5,6)7/h9H,1,10-11H2,2-8H3,(H,13,14). The van der Waals surface area contributed by atoms with Crippen LogP contribution in [0.3, 0.4) is 0 Å². The summed E-state index contributed by atoms with van der Waals surface area (Å²) in [6, 6.07) is 0.779. The van der Waals surface area contributed by atoms with Crippen LogP contribution in [-0.4, -0.2) is 37.6 Å². The van der Waals surface area contributed by atoms with E-state index in [2.05, 4.69) is 57.7 Å². The maximum absolute atomic E-state index is 11.2. The number of carbonyl (C=O) groups excluding carboxylic acids is 1. The number of carbonyl (C=O) groups is 1. The fourth-order valence-electron chi connectivity index (χ4n) is 1.90. The van der Waals surface area contributed by atoms with Crippen molar-refractivity contribution < 1.29 is 13.0 Å². The number of nitrogens with one attached hydrogen (secondary N) is 1. The molecular weight excluding hydrogens is 290 g/mol. The lowest BCUT2D eigenvalue weighted by atomic mass is 10.6. The van der Waals surface area contributed by atoms with E-state index in [0.29, 0.717) is 6.54 Å². The molecule has 1 N–H and O–H groups in total. The molecule has 0 heterocycles. The van der Waals surface area contributed by atoms with Gasteiger partial charge in [-0.3, -0.25) is 4.79 Å². The molecule has 0 radical (unpaired) electrons. The molecule has 19 heavy (non-hydrogen) atoms. The lowest BCUT2D eigenvalue weighted by Gasteiger charge is -2.38. The van der Waals surface area contributed by atoms with Gasteiger partial charge in [0.1, 0.15) is 0 Å². The van der Waals surface area contributed by atoms with Crippen LogP contribution >= 0.6 is 0 Å². The van der Waals surface area contributed by atoms with Crippen LogP contribution < -0.4 is 5.32 Å². The second-order valence-electron chi connectivity index (χ2n) is 6.81. The van der Waals surface area contributed by atoms with Gasteiger partial charge in [0.2, 0.25) is 5.91 Å². The average molecular weight is 320 g/mol. The van der Waals surface area contributed by atoms with Gasteiger partial charge in [0, 0.05) is 12.6 Å². The number of hydrogen-bond donors (Lipinski definition) is 1. The van der Waals surface area contributed by atoms with E-state index >= 15 is 0 Å². The summed E-state index contributed by atoms with van der Waals surface area (Å²) >= 11 is 0. The van der Waals surface area contributed by atoms with Gasteiger partial charge in [-0.1, -0.05) is 6.58 Å². The smallest absolute Gasteiger partial charge is 0.316 e. The third-order valence-corrected chi connectivity index (χ3v) is 11.6. The van der Waals surface area contributed by atoms with Crippen LogP contribution in [0.5, 0.6) is 0 Å². The minimum Gasteiger partial charge on any atom is -0.437 e. The molecule has 112 valence electrons. The van der Waals surface area contributed by atoms with Crippen LogP contribution in [0.15, 0.2) is 12.7 Å². The van der Waals surface area contributed by atoms with Gasteiger partial charge in [0.25, 0.3) is 0 Å². The Morgan fingerprint density at radius 3 is 1.79 bits per heavy atom. The highest BCUT2D eigenvalue weighted by Crippen LogP contribution is 2.23. The van der Waals surface area contributed by atoms with Crippen LogP contribution in [0, 0.1) is 0 Å². The van der Waals surface area contributed by atoms with Crippen LogP contribution in [0.2, 0.25) is 51.9 Å². The third-order valence-electron chi connectivity index (χ3n) is 2.11. The van der Waals surface area contributed by atoms with Gasteiger partial charge in [-0.25, -0.2) is 0 Å². The predicted octanol–water partition coefficient (Wildman–Crippen LogP) is 3.06. The fraction of sp³-hybridized carbons (Fsp3) is 0.750. The third kappa shape index (κ3) is 10.3. The lowest BCUT2D eigenvalue weighted by molar-refractivity contribution is -0.116. The lowest BCUT2D eigenvalue weighted by Crippen LogP contribution is -2.53. The van der Waals surface area contributed by atoms with E-state index in [4.69, 9.17) is 8.23 Å². The van der Waals surface area contributed by atoms with Crippen LogP contribution in [0.4, 0.5) is 0 Å². The zero-order chi connectivity index (χ0) is 15.3. The van der Waals surface area contributed by atoms with Gasteiger partial charge in [-0.15, -0.1) is 0 Å². The Bertz CT molecular complexity index is 305. The predicted molar refractivity (Wildman–Crippen MR) is 88.5 cm³/mol. The van der Waals surface area contributed by atoms with Crippen molar-refractivity contribution in [3.05, 3.63) is 12.7 Å². The van der Waals surface area contributed by atoms with E-state index in [1.165, 1.54) is 6.08 Å². The zero-order valence-corrected chi connectivity index (χ0v) is 16.4. The Kier molecular flexibility index (Phi) is 6.90. The Morgan fingerprint density at radius 2 is 1.47 bits per heavy atom. The first kappa shape index (κ1) is 18.8. The summed E-state index contributed by atoms with van der Waals surface area (Å²) in [5.74, 6) is -0.141. The molecule has 0 spiro atoms. The van der Waals surface area contributed by atoms with Crippen molar-refractivity contribution in [2.24, 2.45) is 0 Å². The number of rotatable bonds is 8. The van der Waals surface area contributed by atoms with Crippen molar-refractivity contribution in [3.8, 4) is 0 Å². The molecule has 0 aliphatic heterocycles. The fourth-order valence-corrected chi connectivity index (χ4v) is 14.2. The van der Waals surface area contributed by atoms with Crippen LogP contribution in [-0.2, 0) is 13.0 Å². The summed E-state index contributed by atoms with van der Waals surface area (Å²) in [5.41, 5.74) is 0. The normalized spacial score (nSPS) is 13.2. The van der Waals surface area contributed by atoms with Gasteiger partial charge >= 0.3 is 8.56 Å². The molecule has 0 rings (SSSR count). The molecule has 0 bridgehead atoms. The van der Waals surface area contributed by atoms with Gasteiger partial charge < -0.3 is 13.5 Å². The number of amides is 1. The molecular formula is C12H29NO3Si3. The minimum atomic E-state index is -2.23. The molecule has 0 atom stereocenters. The topological polar surface area (TPSA) is 47.6 Å². The van der Waals surface area contributed by atoms with Crippen LogP contribution in [0.25, 0.3) is 0 Å². The molecule has 0 aliphatic rings. The maximum Gasteiger partial charge on any atom is 0.316 e. The highest BCUT2D eigenvalue weighted by molar-refractivity contribution is 6.87. The first-order valence-electron chi connectivity index (χ1n) is 6.67. The molecule has 0 aromatic heterocycles. The highest BCUT2D eigenvalue weighted by atomic mass is 28.5. The van der Waals surface area contributed by atoms with Crippen molar-refractivity contribution >= 4 is 31.1 Å². The summed E-state index contributed by atoms with van der Waals surface area (Å²) in [6.45, 7) is 19.2. The Balaban J connectivity index is 4.67. The van der Waals surface area contributed by atoms with E-state index in [9.17, 15) is 4.79 Å². The molecule has 7 heteroatoms. The molecule has 0 saturated heterocycles. The average Bonchev–Trinajstić information content (AvgIpc) is 2.10. The summed E-state index contributed by atoms with van der Waals surface area (Å²) in [4.78, 5) is 11.2. The van der Waals surface area contributed by atoms with Gasteiger partial charge in [0.05, 0.1) is 0 Å². The Labute approximate surface area is 121 Å².